The molecule has 0 aliphatic carbocycles. The van der Waals surface area contributed by atoms with Gasteiger partial charge in [-0.15, -0.1) is 0 Å². The van der Waals surface area contributed by atoms with Crippen molar-refractivity contribution in [3.63, 3.8) is 0 Å². The lowest BCUT2D eigenvalue weighted by atomic mass is 10.2. The molecule has 1 fully saturated rings. The topological polar surface area (TPSA) is 46.1 Å². The fraction of sp³-hybridized carbons (Fsp3) is 0.952. The fourth-order valence-electron chi connectivity index (χ4n) is 3.60. The molecule has 1 saturated heterocycles. The van der Waals surface area contributed by atoms with E-state index in [2.05, 4.69) is 60.1 Å². The van der Waals surface area contributed by atoms with E-state index < -0.39 is 0 Å². The predicted octanol–water partition coefficient (Wildman–Crippen LogP) is 2.08. The minimum absolute atomic E-state index is 0.458. The molecule has 27 heavy (non-hydrogen) atoms. The van der Waals surface area contributed by atoms with Crippen LogP contribution in [0.3, 0.4) is 0 Å². The molecule has 1 aliphatic rings. The van der Waals surface area contributed by atoms with Gasteiger partial charge in [-0.3, -0.25) is 4.99 Å². The second kappa shape index (κ2) is 15.1. The Morgan fingerprint density at radius 1 is 1.07 bits per heavy atom. The third-order valence-corrected chi connectivity index (χ3v) is 5.45. The van der Waals surface area contributed by atoms with Gasteiger partial charge in [0.25, 0.3) is 0 Å². The molecule has 1 unspecified atom stereocenters. The number of rotatable bonds is 12. The van der Waals surface area contributed by atoms with Crippen molar-refractivity contribution >= 4 is 5.96 Å². The summed E-state index contributed by atoms with van der Waals surface area (Å²) in [6, 6.07) is 0.458. The lowest BCUT2D eigenvalue weighted by Crippen LogP contribution is -2.42. The molecule has 0 saturated carbocycles. The monoisotopic (exact) mass is 382 g/mol. The fourth-order valence-corrected chi connectivity index (χ4v) is 3.60. The molecule has 0 aromatic heterocycles. The molecule has 2 N–H and O–H groups in total. The van der Waals surface area contributed by atoms with Crippen molar-refractivity contribution in [3.8, 4) is 0 Å². The van der Waals surface area contributed by atoms with Crippen LogP contribution in [0.2, 0.25) is 0 Å². The zero-order valence-corrected chi connectivity index (χ0v) is 18.8. The van der Waals surface area contributed by atoms with Gasteiger partial charge in [-0.1, -0.05) is 13.8 Å². The number of aliphatic imine (C=N–C) groups is 1. The number of likely N-dealkylation sites (N-methyl/N-ethyl adjacent to an activating group) is 1. The molecule has 6 nitrogen and oxygen atoms in total. The van der Waals surface area contributed by atoms with Gasteiger partial charge < -0.3 is 25.3 Å². The van der Waals surface area contributed by atoms with Crippen molar-refractivity contribution < 1.29 is 0 Å². The summed E-state index contributed by atoms with van der Waals surface area (Å²) in [6.45, 7) is 20.2. The average Bonchev–Trinajstić information content (AvgIpc) is 2.86. The van der Waals surface area contributed by atoms with Gasteiger partial charge in [0.2, 0.25) is 0 Å². The van der Waals surface area contributed by atoms with E-state index in [1.54, 1.807) is 0 Å². The summed E-state index contributed by atoms with van der Waals surface area (Å²) in [7, 11) is 2.23. The largest absolute Gasteiger partial charge is 0.357 e. The van der Waals surface area contributed by atoms with Crippen molar-refractivity contribution in [2.75, 3.05) is 72.5 Å². The molecular formula is C21H46N6. The Hall–Kier alpha value is -0.850. The Labute approximate surface area is 168 Å². The molecule has 0 aromatic rings. The number of hydrogen-bond acceptors (Lipinski definition) is 4. The molecule has 0 radical (unpaired) electrons. The van der Waals surface area contributed by atoms with Gasteiger partial charge in [0.05, 0.1) is 0 Å². The van der Waals surface area contributed by atoms with Gasteiger partial charge in [-0.05, 0) is 85.8 Å². The van der Waals surface area contributed by atoms with Crippen LogP contribution in [0, 0.1) is 0 Å². The molecule has 1 heterocycles. The second-order valence-electron chi connectivity index (χ2n) is 7.83. The maximum atomic E-state index is 4.80. The first-order chi connectivity index (χ1) is 13.1. The first-order valence-electron chi connectivity index (χ1n) is 11.3. The molecule has 160 valence electrons. The highest BCUT2D eigenvalue weighted by atomic mass is 15.2. The smallest absolute Gasteiger partial charge is 0.191 e. The Bertz CT molecular complexity index is 383. The van der Waals surface area contributed by atoms with Crippen molar-refractivity contribution in [2.45, 2.75) is 59.4 Å². The summed E-state index contributed by atoms with van der Waals surface area (Å²) in [4.78, 5) is 12.3. The quantitative estimate of drug-likeness (QED) is 0.307. The number of nitrogens with zero attached hydrogens (tertiary/aromatic N) is 4. The van der Waals surface area contributed by atoms with E-state index >= 15 is 0 Å². The first-order valence-corrected chi connectivity index (χ1v) is 11.3. The highest BCUT2D eigenvalue weighted by Gasteiger charge is 2.11. The van der Waals surface area contributed by atoms with E-state index in [-0.39, 0.29) is 0 Å². The summed E-state index contributed by atoms with van der Waals surface area (Å²) < 4.78 is 0. The van der Waals surface area contributed by atoms with Crippen LogP contribution in [0.25, 0.3) is 0 Å². The van der Waals surface area contributed by atoms with Crippen LogP contribution >= 0.6 is 0 Å². The molecule has 1 aliphatic heterocycles. The van der Waals surface area contributed by atoms with Crippen LogP contribution in [-0.2, 0) is 0 Å². The zero-order valence-electron chi connectivity index (χ0n) is 18.8. The summed E-state index contributed by atoms with van der Waals surface area (Å²) in [5, 5.41) is 6.98. The Morgan fingerprint density at radius 2 is 1.85 bits per heavy atom. The summed E-state index contributed by atoms with van der Waals surface area (Å²) in [5.74, 6) is 0.975. The molecule has 0 aromatic carbocycles. The molecule has 1 atom stereocenters. The minimum Gasteiger partial charge on any atom is -0.357 e. The highest BCUT2D eigenvalue weighted by molar-refractivity contribution is 5.80. The van der Waals surface area contributed by atoms with Crippen molar-refractivity contribution in [1.29, 1.82) is 0 Å². The lowest BCUT2D eigenvalue weighted by Gasteiger charge is -2.21. The van der Waals surface area contributed by atoms with E-state index in [1.807, 2.05) is 0 Å². The Balaban J connectivity index is 2.27. The SMILES string of the molecule is CCNC(=NCCCN1CCCN(C)CC1)NC(C)CCCN(CC)CC. The highest BCUT2D eigenvalue weighted by Crippen LogP contribution is 2.02. The van der Waals surface area contributed by atoms with E-state index in [4.69, 9.17) is 4.99 Å². The summed E-state index contributed by atoms with van der Waals surface area (Å²) in [6.07, 6.45) is 4.84. The van der Waals surface area contributed by atoms with Gasteiger partial charge >= 0.3 is 0 Å². The Kier molecular flexibility index (Phi) is 13.5. The van der Waals surface area contributed by atoms with Crippen LogP contribution in [0.1, 0.15) is 53.4 Å². The number of hydrogen-bond donors (Lipinski definition) is 2. The second-order valence-corrected chi connectivity index (χ2v) is 7.83. The summed E-state index contributed by atoms with van der Waals surface area (Å²) >= 11 is 0. The minimum atomic E-state index is 0.458. The third kappa shape index (κ3) is 11.6. The molecule has 0 amide bonds. The van der Waals surface area contributed by atoms with Crippen LogP contribution in [0.4, 0.5) is 0 Å². The third-order valence-electron chi connectivity index (χ3n) is 5.45. The molecule has 0 bridgehead atoms. The van der Waals surface area contributed by atoms with Crippen LogP contribution < -0.4 is 10.6 Å². The Morgan fingerprint density at radius 3 is 2.56 bits per heavy atom. The van der Waals surface area contributed by atoms with Gasteiger partial charge in [-0.2, -0.15) is 0 Å². The van der Waals surface area contributed by atoms with E-state index in [9.17, 15) is 0 Å². The number of nitrogens with one attached hydrogen (secondary N) is 2. The van der Waals surface area contributed by atoms with Crippen LogP contribution in [0.5, 0.6) is 0 Å². The average molecular weight is 383 g/mol. The van der Waals surface area contributed by atoms with Gasteiger partial charge in [0.1, 0.15) is 0 Å². The molecular weight excluding hydrogens is 336 g/mol. The van der Waals surface area contributed by atoms with E-state index in [0.29, 0.717) is 6.04 Å². The van der Waals surface area contributed by atoms with E-state index in [0.717, 1.165) is 45.1 Å². The maximum Gasteiger partial charge on any atom is 0.191 e. The zero-order chi connectivity index (χ0) is 19.9. The van der Waals surface area contributed by atoms with Gasteiger partial charge in [0.15, 0.2) is 5.96 Å². The standard InChI is InChI=1S/C21H46N6/c1-6-22-21(24-20(4)12-9-15-26(7-2)8-3)23-13-10-16-27-17-11-14-25(5)18-19-27/h20H,6-19H2,1-5H3,(H2,22,23,24). The molecule has 1 rings (SSSR count). The first kappa shape index (κ1) is 24.2. The predicted molar refractivity (Wildman–Crippen MR) is 119 cm³/mol. The van der Waals surface area contributed by atoms with Gasteiger partial charge in [-0.25, -0.2) is 0 Å². The van der Waals surface area contributed by atoms with Crippen LogP contribution in [-0.4, -0.2) is 99.2 Å². The molecule has 0 spiro atoms. The van der Waals surface area contributed by atoms with Crippen molar-refractivity contribution in [1.82, 2.24) is 25.3 Å². The normalized spacial score (nSPS) is 18.5. The summed E-state index contributed by atoms with van der Waals surface area (Å²) in [5.41, 5.74) is 0. The van der Waals surface area contributed by atoms with Crippen molar-refractivity contribution in [3.05, 3.63) is 0 Å². The maximum absolute atomic E-state index is 4.80. The van der Waals surface area contributed by atoms with E-state index in [1.165, 1.54) is 52.0 Å². The number of guanidine groups is 1. The van der Waals surface area contributed by atoms with Crippen molar-refractivity contribution in [2.24, 2.45) is 4.99 Å². The van der Waals surface area contributed by atoms with Gasteiger partial charge in [0, 0.05) is 32.2 Å². The molecule has 6 heteroatoms. The van der Waals surface area contributed by atoms with Crippen LogP contribution in [0.15, 0.2) is 4.99 Å². The lowest BCUT2D eigenvalue weighted by molar-refractivity contribution is 0.275.